The van der Waals surface area contributed by atoms with Crippen LogP contribution in [0.4, 0.5) is 8.78 Å². The molecule has 1 unspecified atom stereocenters. The Morgan fingerprint density at radius 3 is 2.39 bits per heavy atom. The third-order valence-electron chi connectivity index (χ3n) is 3.85. The zero-order valence-electron chi connectivity index (χ0n) is 10.5. The zero-order valence-corrected chi connectivity index (χ0v) is 11.2. The summed E-state index contributed by atoms with van der Waals surface area (Å²) in [7, 11) is 0. The molecule has 1 fully saturated rings. The van der Waals surface area contributed by atoms with E-state index in [1.54, 1.807) is 0 Å². The molecular formula is C15H19ClF2. The molecule has 1 aromatic rings. The van der Waals surface area contributed by atoms with Gasteiger partial charge in [-0.2, -0.15) is 0 Å². The minimum atomic E-state index is -0.485. The predicted octanol–water partition coefficient (Wildman–Crippen LogP) is 5.09. The SMILES string of the molecule is Fc1cccc(F)c1CC(Cl)CCC1CCCC1. The molecule has 1 atom stereocenters. The summed E-state index contributed by atoms with van der Waals surface area (Å²) in [5.74, 6) is -0.195. The molecule has 2 rings (SSSR count). The third kappa shape index (κ3) is 3.68. The van der Waals surface area contributed by atoms with Crippen LogP contribution >= 0.6 is 11.6 Å². The average molecular weight is 273 g/mol. The van der Waals surface area contributed by atoms with E-state index in [0.717, 1.165) is 18.8 Å². The molecule has 100 valence electrons. The molecule has 0 heterocycles. The molecule has 0 amide bonds. The highest BCUT2D eigenvalue weighted by atomic mass is 35.5. The fourth-order valence-corrected chi connectivity index (χ4v) is 3.05. The van der Waals surface area contributed by atoms with Gasteiger partial charge in [0.25, 0.3) is 0 Å². The molecule has 0 aliphatic heterocycles. The maximum atomic E-state index is 13.5. The van der Waals surface area contributed by atoms with Gasteiger partial charge in [0.1, 0.15) is 11.6 Å². The van der Waals surface area contributed by atoms with E-state index in [1.807, 2.05) is 0 Å². The Kier molecular flexibility index (Phi) is 4.99. The van der Waals surface area contributed by atoms with Crippen LogP contribution < -0.4 is 0 Å². The lowest BCUT2D eigenvalue weighted by molar-refractivity contribution is 0.470. The lowest BCUT2D eigenvalue weighted by Crippen LogP contribution is -2.09. The van der Waals surface area contributed by atoms with Crippen molar-refractivity contribution in [1.29, 1.82) is 0 Å². The van der Waals surface area contributed by atoms with Crippen LogP contribution in [0.25, 0.3) is 0 Å². The molecule has 1 saturated carbocycles. The van der Waals surface area contributed by atoms with Gasteiger partial charge in [0.2, 0.25) is 0 Å². The second-order valence-electron chi connectivity index (χ2n) is 5.23. The normalized spacial score (nSPS) is 18.2. The largest absolute Gasteiger partial charge is 0.207 e. The molecular weight excluding hydrogens is 254 g/mol. The number of hydrogen-bond donors (Lipinski definition) is 0. The van der Waals surface area contributed by atoms with Crippen LogP contribution in [0.15, 0.2) is 18.2 Å². The van der Waals surface area contributed by atoms with Gasteiger partial charge in [-0.25, -0.2) is 8.78 Å². The minimum Gasteiger partial charge on any atom is -0.207 e. The molecule has 18 heavy (non-hydrogen) atoms. The highest BCUT2D eigenvalue weighted by molar-refractivity contribution is 6.20. The van der Waals surface area contributed by atoms with Crippen molar-refractivity contribution in [3.8, 4) is 0 Å². The fourth-order valence-electron chi connectivity index (χ4n) is 2.77. The van der Waals surface area contributed by atoms with Crippen molar-refractivity contribution in [2.45, 2.75) is 50.3 Å². The zero-order chi connectivity index (χ0) is 13.0. The van der Waals surface area contributed by atoms with Crippen molar-refractivity contribution in [3.63, 3.8) is 0 Å². The fraction of sp³-hybridized carbons (Fsp3) is 0.600. The van der Waals surface area contributed by atoms with Crippen molar-refractivity contribution in [3.05, 3.63) is 35.4 Å². The van der Waals surface area contributed by atoms with E-state index in [9.17, 15) is 8.78 Å². The Morgan fingerprint density at radius 2 is 1.78 bits per heavy atom. The van der Waals surface area contributed by atoms with Crippen molar-refractivity contribution in [2.75, 3.05) is 0 Å². The van der Waals surface area contributed by atoms with Crippen LogP contribution in [0.3, 0.4) is 0 Å². The first-order valence-corrected chi connectivity index (χ1v) is 7.17. The Labute approximate surface area is 112 Å². The van der Waals surface area contributed by atoms with E-state index in [1.165, 1.54) is 43.9 Å². The lowest BCUT2D eigenvalue weighted by atomic mass is 9.98. The summed E-state index contributed by atoms with van der Waals surface area (Å²) >= 11 is 6.20. The summed E-state index contributed by atoms with van der Waals surface area (Å²) in [5, 5.41) is -0.169. The summed E-state index contributed by atoms with van der Waals surface area (Å²) < 4.78 is 26.9. The molecule has 1 aromatic carbocycles. The molecule has 0 nitrogen and oxygen atoms in total. The summed E-state index contributed by atoms with van der Waals surface area (Å²) in [5.41, 5.74) is 0.129. The number of hydrogen-bond acceptors (Lipinski definition) is 0. The number of rotatable bonds is 5. The van der Waals surface area contributed by atoms with Gasteiger partial charge in [0.05, 0.1) is 0 Å². The maximum absolute atomic E-state index is 13.5. The van der Waals surface area contributed by atoms with E-state index < -0.39 is 11.6 Å². The molecule has 3 heteroatoms. The molecule has 0 radical (unpaired) electrons. The Hall–Kier alpha value is -0.630. The average Bonchev–Trinajstić information content (AvgIpc) is 2.84. The van der Waals surface area contributed by atoms with E-state index in [0.29, 0.717) is 0 Å². The summed E-state index contributed by atoms with van der Waals surface area (Å²) in [6.07, 6.45) is 7.44. The van der Waals surface area contributed by atoms with Crippen molar-refractivity contribution in [2.24, 2.45) is 5.92 Å². The van der Waals surface area contributed by atoms with Crippen LogP contribution in [0.5, 0.6) is 0 Å². The predicted molar refractivity (Wildman–Crippen MR) is 70.9 cm³/mol. The first-order chi connectivity index (χ1) is 8.66. The third-order valence-corrected chi connectivity index (χ3v) is 4.22. The second kappa shape index (κ2) is 6.51. The van der Waals surface area contributed by atoms with Gasteiger partial charge < -0.3 is 0 Å². The van der Waals surface area contributed by atoms with Gasteiger partial charge in [0.15, 0.2) is 0 Å². The van der Waals surface area contributed by atoms with Crippen molar-refractivity contribution >= 4 is 11.6 Å². The van der Waals surface area contributed by atoms with Crippen LogP contribution in [0, 0.1) is 17.6 Å². The van der Waals surface area contributed by atoms with E-state index in [4.69, 9.17) is 11.6 Å². The van der Waals surface area contributed by atoms with Crippen LogP contribution in [-0.2, 0) is 6.42 Å². The van der Waals surface area contributed by atoms with E-state index in [-0.39, 0.29) is 17.4 Å². The number of halogens is 3. The molecule has 1 aliphatic rings. The molecule has 0 saturated heterocycles. The van der Waals surface area contributed by atoms with E-state index >= 15 is 0 Å². The van der Waals surface area contributed by atoms with Gasteiger partial charge in [0, 0.05) is 10.9 Å². The smallest absolute Gasteiger partial charge is 0.129 e. The van der Waals surface area contributed by atoms with Crippen LogP contribution in [0.1, 0.15) is 44.1 Å². The quantitative estimate of drug-likeness (QED) is 0.655. The van der Waals surface area contributed by atoms with Crippen molar-refractivity contribution in [1.82, 2.24) is 0 Å². The Bertz CT molecular complexity index is 366. The van der Waals surface area contributed by atoms with Gasteiger partial charge in [-0.1, -0.05) is 31.7 Å². The number of alkyl halides is 1. The molecule has 0 bridgehead atoms. The Balaban J connectivity index is 1.84. The van der Waals surface area contributed by atoms with Gasteiger partial charge >= 0.3 is 0 Å². The van der Waals surface area contributed by atoms with Gasteiger partial charge in [-0.15, -0.1) is 11.6 Å². The molecule has 0 spiro atoms. The monoisotopic (exact) mass is 272 g/mol. The number of benzene rings is 1. The first-order valence-electron chi connectivity index (χ1n) is 6.73. The summed E-state index contributed by atoms with van der Waals surface area (Å²) in [6, 6.07) is 3.97. The molecule has 0 aromatic heterocycles. The topological polar surface area (TPSA) is 0 Å². The highest BCUT2D eigenvalue weighted by Crippen LogP contribution is 2.30. The minimum absolute atomic E-state index is 0.129. The van der Waals surface area contributed by atoms with Gasteiger partial charge in [-0.3, -0.25) is 0 Å². The van der Waals surface area contributed by atoms with Crippen LogP contribution in [-0.4, -0.2) is 5.38 Å². The van der Waals surface area contributed by atoms with E-state index in [2.05, 4.69) is 0 Å². The second-order valence-corrected chi connectivity index (χ2v) is 5.85. The van der Waals surface area contributed by atoms with Gasteiger partial charge in [-0.05, 0) is 37.3 Å². The molecule has 1 aliphatic carbocycles. The highest BCUT2D eigenvalue weighted by Gasteiger charge is 2.18. The Morgan fingerprint density at radius 1 is 1.17 bits per heavy atom. The van der Waals surface area contributed by atoms with Crippen molar-refractivity contribution < 1.29 is 8.78 Å². The first kappa shape index (κ1) is 13.8. The maximum Gasteiger partial charge on any atom is 0.129 e. The lowest BCUT2D eigenvalue weighted by Gasteiger charge is -2.14. The summed E-state index contributed by atoms with van der Waals surface area (Å²) in [4.78, 5) is 0. The standard InChI is InChI=1S/C15H19ClF2/c16-12(9-8-11-4-1-2-5-11)10-13-14(17)6-3-7-15(13)18/h3,6-7,11-12H,1-2,4-5,8-10H2. The van der Waals surface area contributed by atoms with Crippen LogP contribution in [0.2, 0.25) is 0 Å². The molecule has 0 N–H and O–H groups in total. The summed E-state index contributed by atoms with van der Waals surface area (Å²) in [6.45, 7) is 0.